The summed E-state index contributed by atoms with van der Waals surface area (Å²) in [7, 11) is 0. The molecular formula is C13H24N2O5. The third-order valence-corrected chi connectivity index (χ3v) is 2.64. The molecule has 0 fully saturated rings. The second-order valence-corrected chi connectivity index (χ2v) is 4.75. The van der Waals surface area contributed by atoms with Crippen LogP contribution in [0.4, 0.5) is 0 Å². The molecule has 0 aliphatic heterocycles. The Labute approximate surface area is 119 Å². The predicted octanol–water partition coefficient (Wildman–Crippen LogP) is 0.239. The van der Waals surface area contributed by atoms with Gasteiger partial charge in [0.15, 0.2) is 0 Å². The largest absolute Gasteiger partial charge is 0.480 e. The van der Waals surface area contributed by atoms with Crippen LogP contribution in [0.1, 0.15) is 34.1 Å². The monoisotopic (exact) mass is 288 g/mol. The quantitative estimate of drug-likeness (QED) is 0.633. The maximum Gasteiger partial charge on any atom is 0.326 e. The minimum Gasteiger partial charge on any atom is -0.480 e. The second kappa shape index (κ2) is 9.30. The molecule has 7 nitrogen and oxygen atoms in total. The maximum absolute atomic E-state index is 12.0. The molecule has 20 heavy (non-hydrogen) atoms. The van der Waals surface area contributed by atoms with Crippen LogP contribution in [0, 0.1) is 0 Å². The average molecular weight is 288 g/mol. The van der Waals surface area contributed by atoms with E-state index in [1.807, 2.05) is 13.8 Å². The second-order valence-electron chi connectivity index (χ2n) is 4.75. The molecule has 2 N–H and O–H groups in total. The molecule has 0 bridgehead atoms. The van der Waals surface area contributed by atoms with Crippen molar-refractivity contribution in [2.75, 3.05) is 19.7 Å². The Kier molecular flexibility index (Phi) is 8.54. The fourth-order valence-corrected chi connectivity index (χ4v) is 1.55. The van der Waals surface area contributed by atoms with E-state index in [4.69, 9.17) is 9.84 Å². The number of amides is 2. The molecule has 0 saturated heterocycles. The first-order valence-electron chi connectivity index (χ1n) is 6.64. The van der Waals surface area contributed by atoms with E-state index < -0.39 is 12.0 Å². The Hall–Kier alpha value is -1.63. The SMILES string of the molecule is CC(=O)NCCN(C(=O)CCOC(C)C)C(C)C(=O)O. The lowest BCUT2D eigenvalue weighted by atomic mass is 10.2. The highest BCUT2D eigenvalue weighted by molar-refractivity contribution is 5.83. The molecule has 0 heterocycles. The first-order valence-corrected chi connectivity index (χ1v) is 6.64. The molecule has 2 amide bonds. The van der Waals surface area contributed by atoms with Crippen molar-refractivity contribution in [1.29, 1.82) is 0 Å². The van der Waals surface area contributed by atoms with Crippen LogP contribution in [0.25, 0.3) is 0 Å². The van der Waals surface area contributed by atoms with Crippen molar-refractivity contribution in [2.45, 2.75) is 46.3 Å². The van der Waals surface area contributed by atoms with Crippen molar-refractivity contribution in [2.24, 2.45) is 0 Å². The van der Waals surface area contributed by atoms with E-state index in [1.54, 1.807) is 0 Å². The summed E-state index contributed by atoms with van der Waals surface area (Å²) < 4.78 is 5.28. The number of carbonyl (C=O) groups excluding carboxylic acids is 2. The third kappa shape index (κ3) is 7.73. The van der Waals surface area contributed by atoms with Crippen LogP contribution in [-0.4, -0.2) is 59.6 Å². The van der Waals surface area contributed by atoms with Crippen LogP contribution in [0.5, 0.6) is 0 Å². The number of hydrogen-bond donors (Lipinski definition) is 2. The van der Waals surface area contributed by atoms with Gasteiger partial charge < -0.3 is 20.1 Å². The highest BCUT2D eigenvalue weighted by Crippen LogP contribution is 2.03. The molecule has 1 atom stereocenters. The Balaban J connectivity index is 4.46. The van der Waals surface area contributed by atoms with Crippen LogP contribution in [0.2, 0.25) is 0 Å². The molecule has 0 saturated carbocycles. The number of nitrogens with zero attached hydrogens (tertiary/aromatic N) is 1. The predicted molar refractivity (Wildman–Crippen MR) is 73.2 cm³/mol. The van der Waals surface area contributed by atoms with E-state index >= 15 is 0 Å². The number of aliphatic carboxylic acids is 1. The molecule has 1 unspecified atom stereocenters. The molecule has 0 aromatic carbocycles. The molecule has 0 aliphatic carbocycles. The van der Waals surface area contributed by atoms with Crippen molar-refractivity contribution in [3.63, 3.8) is 0 Å². The average Bonchev–Trinajstić information content (AvgIpc) is 2.32. The number of nitrogens with one attached hydrogen (secondary N) is 1. The standard InChI is InChI=1S/C13H24N2O5/c1-9(2)20-8-5-12(17)15(10(3)13(18)19)7-6-14-11(4)16/h9-10H,5-8H2,1-4H3,(H,14,16)(H,18,19). The summed E-state index contributed by atoms with van der Waals surface area (Å²) in [5.74, 6) is -1.60. The topological polar surface area (TPSA) is 95.9 Å². The zero-order valence-electron chi connectivity index (χ0n) is 12.5. The number of rotatable bonds is 9. The van der Waals surface area contributed by atoms with Crippen molar-refractivity contribution in [3.8, 4) is 0 Å². The summed E-state index contributed by atoms with van der Waals surface area (Å²) in [4.78, 5) is 35.1. The van der Waals surface area contributed by atoms with Gasteiger partial charge in [0, 0.05) is 20.0 Å². The zero-order valence-corrected chi connectivity index (χ0v) is 12.5. The lowest BCUT2D eigenvalue weighted by molar-refractivity contribution is -0.150. The van der Waals surface area contributed by atoms with Gasteiger partial charge in [-0.15, -0.1) is 0 Å². The molecule has 0 aliphatic rings. The van der Waals surface area contributed by atoms with Gasteiger partial charge in [0.2, 0.25) is 11.8 Å². The van der Waals surface area contributed by atoms with Gasteiger partial charge in [0.05, 0.1) is 19.1 Å². The lowest BCUT2D eigenvalue weighted by Crippen LogP contribution is -2.47. The Morgan fingerprint density at radius 3 is 2.30 bits per heavy atom. The van der Waals surface area contributed by atoms with Crippen molar-refractivity contribution in [1.82, 2.24) is 10.2 Å². The van der Waals surface area contributed by atoms with E-state index in [0.29, 0.717) is 0 Å². The van der Waals surface area contributed by atoms with Crippen LogP contribution < -0.4 is 5.32 Å². The highest BCUT2D eigenvalue weighted by Gasteiger charge is 2.24. The number of carbonyl (C=O) groups is 3. The molecule has 116 valence electrons. The van der Waals surface area contributed by atoms with Gasteiger partial charge in [0.1, 0.15) is 6.04 Å². The Bertz CT molecular complexity index is 344. The molecule has 0 aromatic heterocycles. The van der Waals surface area contributed by atoms with E-state index in [2.05, 4.69) is 5.32 Å². The molecule has 0 aromatic rings. The van der Waals surface area contributed by atoms with Gasteiger partial charge in [-0.2, -0.15) is 0 Å². The maximum atomic E-state index is 12.0. The number of ether oxygens (including phenoxy) is 1. The summed E-state index contributed by atoms with van der Waals surface area (Å²) in [6.07, 6.45) is 0.142. The van der Waals surface area contributed by atoms with Gasteiger partial charge in [-0.1, -0.05) is 0 Å². The molecule has 7 heteroatoms. The normalized spacial score (nSPS) is 12.1. The van der Waals surface area contributed by atoms with Gasteiger partial charge in [-0.25, -0.2) is 4.79 Å². The zero-order chi connectivity index (χ0) is 15.7. The minimum absolute atomic E-state index is 0.0209. The number of carboxylic acids is 1. The molecular weight excluding hydrogens is 264 g/mol. The number of hydrogen-bond acceptors (Lipinski definition) is 4. The van der Waals surface area contributed by atoms with Crippen LogP contribution in [0.3, 0.4) is 0 Å². The molecule has 0 spiro atoms. The van der Waals surface area contributed by atoms with Crippen LogP contribution >= 0.6 is 0 Å². The number of carboxylic acid groups (broad SMARTS) is 1. The van der Waals surface area contributed by atoms with E-state index in [-0.39, 0.29) is 44.0 Å². The fraction of sp³-hybridized carbons (Fsp3) is 0.769. The van der Waals surface area contributed by atoms with E-state index in [0.717, 1.165) is 0 Å². The first-order chi connectivity index (χ1) is 9.25. The van der Waals surface area contributed by atoms with Crippen molar-refractivity contribution < 1.29 is 24.2 Å². The smallest absolute Gasteiger partial charge is 0.326 e. The Morgan fingerprint density at radius 2 is 1.85 bits per heavy atom. The highest BCUT2D eigenvalue weighted by atomic mass is 16.5. The summed E-state index contributed by atoms with van der Waals surface area (Å²) >= 11 is 0. The van der Waals surface area contributed by atoms with E-state index in [1.165, 1.54) is 18.7 Å². The van der Waals surface area contributed by atoms with Gasteiger partial charge >= 0.3 is 5.97 Å². The van der Waals surface area contributed by atoms with Crippen LogP contribution in [-0.2, 0) is 19.1 Å². The summed E-state index contributed by atoms with van der Waals surface area (Å²) in [6, 6.07) is -0.935. The summed E-state index contributed by atoms with van der Waals surface area (Å²) in [6.45, 7) is 7.16. The summed E-state index contributed by atoms with van der Waals surface area (Å²) in [5, 5.41) is 11.6. The first kappa shape index (κ1) is 18.4. The molecule has 0 rings (SSSR count). The minimum atomic E-state index is -1.08. The van der Waals surface area contributed by atoms with Crippen molar-refractivity contribution in [3.05, 3.63) is 0 Å². The van der Waals surface area contributed by atoms with Gasteiger partial charge in [-0.05, 0) is 20.8 Å². The molecule has 0 radical (unpaired) electrons. The Morgan fingerprint density at radius 1 is 1.25 bits per heavy atom. The van der Waals surface area contributed by atoms with Crippen LogP contribution in [0.15, 0.2) is 0 Å². The fourth-order valence-electron chi connectivity index (χ4n) is 1.55. The van der Waals surface area contributed by atoms with Gasteiger partial charge in [-0.3, -0.25) is 9.59 Å². The van der Waals surface area contributed by atoms with Gasteiger partial charge in [0.25, 0.3) is 0 Å². The lowest BCUT2D eigenvalue weighted by Gasteiger charge is -2.26. The van der Waals surface area contributed by atoms with E-state index in [9.17, 15) is 14.4 Å². The third-order valence-electron chi connectivity index (χ3n) is 2.64. The summed E-state index contributed by atoms with van der Waals surface area (Å²) in [5.41, 5.74) is 0. The van der Waals surface area contributed by atoms with Crippen molar-refractivity contribution >= 4 is 17.8 Å².